The number of carbonyl (C=O) groups is 2. The molecule has 0 saturated carbocycles. The zero-order valence-electron chi connectivity index (χ0n) is 16.3. The summed E-state index contributed by atoms with van der Waals surface area (Å²) in [6.45, 7) is 5.60. The molecule has 28 heavy (non-hydrogen) atoms. The van der Waals surface area contributed by atoms with Crippen molar-refractivity contribution in [1.29, 1.82) is 0 Å². The number of rotatable bonds is 4. The molecular formula is C22H26N2O4. The summed E-state index contributed by atoms with van der Waals surface area (Å²) >= 11 is 0. The van der Waals surface area contributed by atoms with Crippen LogP contribution in [0.15, 0.2) is 48.8 Å². The Labute approximate surface area is 165 Å². The molecule has 1 N–H and O–H groups in total. The number of ether oxygens (including phenoxy) is 2. The van der Waals surface area contributed by atoms with Crippen molar-refractivity contribution in [3.8, 4) is 0 Å². The van der Waals surface area contributed by atoms with Crippen LogP contribution in [-0.2, 0) is 24.5 Å². The Kier molecular flexibility index (Phi) is 4.75. The SMILES string of the molecule is C=C[C@H]1CN2CC[C@]3(C(=O)Nc4ccccc43)[C@@H]2C[C@@H]1/C(=C/OC)C(=O)OC. The van der Waals surface area contributed by atoms with E-state index >= 15 is 0 Å². The van der Waals surface area contributed by atoms with Gasteiger partial charge in [-0.25, -0.2) is 4.79 Å². The highest BCUT2D eigenvalue weighted by Gasteiger charge is 2.60. The van der Waals surface area contributed by atoms with Gasteiger partial charge in [0.25, 0.3) is 0 Å². The topological polar surface area (TPSA) is 67.9 Å². The van der Waals surface area contributed by atoms with Gasteiger partial charge in [-0.15, -0.1) is 6.58 Å². The van der Waals surface area contributed by atoms with Crippen LogP contribution in [0.2, 0.25) is 0 Å². The normalized spacial score (nSPS) is 31.9. The zero-order chi connectivity index (χ0) is 19.9. The van der Waals surface area contributed by atoms with Gasteiger partial charge < -0.3 is 14.8 Å². The van der Waals surface area contributed by atoms with E-state index in [-0.39, 0.29) is 23.8 Å². The molecule has 0 aromatic heterocycles. The van der Waals surface area contributed by atoms with Crippen LogP contribution in [0.1, 0.15) is 18.4 Å². The molecule has 4 atom stereocenters. The first-order valence-electron chi connectivity index (χ1n) is 9.65. The van der Waals surface area contributed by atoms with Gasteiger partial charge >= 0.3 is 5.97 Å². The van der Waals surface area contributed by atoms with Gasteiger partial charge in [0, 0.05) is 24.2 Å². The molecule has 0 bridgehead atoms. The van der Waals surface area contributed by atoms with E-state index in [1.807, 2.05) is 24.3 Å². The number of hydrogen-bond acceptors (Lipinski definition) is 5. The third kappa shape index (κ3) is 2.58. The highest BCUT2D eigenvalue weighted by molar-refractivity contribution is 6.07. The Bertz CT molecular complexity index is 849. The van der Waals surface area contributed by atoms with E-state index in [1.165, 1.54) is 20.5 Å². The number of esters is 1. The highest BCUT2D eigenvalue weighted by Crippen LogP contribution is 2.52. The van der Waals surface area contributed by atoms with Gasteiger partial charge in [-0.2, -0.15) is 0 Å². The summed E-state index contributed by atoms with van der Waals surface area (Å²) in [5.41, 5.74) is 1.90. The molecule has 148 valence electrons. The van der Waals surface area contributed by atoms with E-state index in [2.05, 4.69) is 22.9 Å². The van der Waals surface area contributed by atoms with Gasteiger partial charge in [-0.1, -0.05) is 24.3 Å². The first kappa shape index (κ1) is 18.7. The molecule has 6 heteroatoms. The fourth-order valence-corrected chi connectivity index (χ4v) is 5.38. The summed E-state index contributed by atoms with van der Waals surface area (Å²) < 4.78 is 10.2. The zero-order valence-corrected chi connectivity index (χ0v) is 16.3. The van der Waals surface area contributed by atoms with Gasteiger partial charge in [0.05, 0.1) is 31.5 Å². The third-order valence-corrected chi connectivity index (χ3v) is 6.67. The predicted molar refractivity (Wildman–Crippen MR) is 106 cm³/mol. The number of fused-ring (bicyclic) bond motifs is 4. The van der Waals surface area contributed by atoms with Crippen molar-refractivity contribution in [3.63, 3.8) is 0 Å². The average Bonchev–Trinajstić information content (AvgIpc) is 3.23. The van der Waals surface area contributed by atoms with E-state index in [4.69, 9.17) is 9.47 Å². The second-order valence-corrected chi connectivity index (χ2v) is 7.77. The summed E-state index contributed by atoms with van der Waals surface area (Å²) in [6.07, 6.45) is 4.83. The van der Waals surface area contributed by atoms with E-state index in [1.54, 1.807) is 0 Å². The quantitative estimate of drug-likeness (QED) is 0.375. The number of para-hydroxylation sites is 1. The standard InChI is InChI=1S/C22H26N2O4/c1-4-14-12-24-10-9-22(17-7-5-6-8-18(17)23-21(22)26)19(24)11-15(14)16(13-27-2)20(25)28-3/h4-8,13-15,19H,1,9-12H2,2-3H3,(H,23,26)/b16-13-/t14-,15-,19-,22+/m0/s1. The lowest BCUT2D eigenvalue weighted by molar-refractivity contribution is -0.137. The molecule has 4 rings (SSSR count). The molecule has 1 amide bonds. The van der Waals surface area contributed by atoms with Crippen LogP contribution in [-0.4, -0.2) is 50.1 Å². The molecule has 0 unspecified atom stereocenters. The van der Waals surface area contributed by atoms with Crippen molar-refractivity contribution in [2.45, 2.75) is 24.3 Å². The van der Waals surface area contributed by atoms with Crippen molar-refractivity contribution in [3.05, 3.63) is 54.3 Å². The first-order valence-corrected chi connectivity index (χ1v) is 9.65. The number of methoxy groups -OCH3 is 2. The predicted octanol–water partition coefficient (Wildman–Crippen LogP) is 2.48. The number of carbonyl (C=O) groups excluding carboxylic acids is 2. The number of anilines is 1. The maximum absolute atomic E-state index is 13.2. The molecule has 1 aromatic rings. The fraction of sp³-hybridized carbons (Fsp3) is 0.455. The summed E-state index contributed by atoms with van der Waals surface area (Å²) in [5, 5.41) is 3.07. The minimum Gasteiger partial charge on any atom is -0.504 e. The molecule has 1 spiro atoms. The largest absolute Gasteiger partial charge is 0.504 e. The second-order valence-electron chi connectivity index (χ2n) is 7.77. The number of amides is 1. The molecule has 2 fully saturated rings. The smallest absolute Gasteiger partial charge is 0.337 e. The summed E-state index contributed by atoms with van der Waals surface area (Å²) in [7, 11) is 2.90. The van der Waals surface area contributed by atoms with Crippen molar-refractivity contribution < 1.29 is 19.1 Å². The van der Waals surface area contributed by atoms with E-state index in [9.17, 15) is 9.59 Å². The van der Waals surface area contributed by atoms with Crippen LogP contribution in [0.4, 0.5) is 5.69 Å². The van der Waals surface area contributed by atoms with Crippen LogP contribution in [0.25, 0.3) is 0 Å². The molecule has 3 aliphatic rings. The van der Waals surface area contributed by atoms with Crippen molar-refractivity contribution in [2.24, 2.45) is 11.8 Å². The van der Waals surface area contributed by atoms with Gasteiger partial charge in [0.1, 0.15) is 0 Å². The average molecular weight is 382 g/mol. The van der Waals surface area contributed by atoms with Crippen LogP contribution >= 0.6 is 0 Å². The van der Waals surface area contributed by atoms with Crippen molar-refractivity contribution in [2.75, 3.05) is 32.6 Å². The highest BCUT2D eigenvalue weighted by atomic mass is 16.5. The first-order chi connectivity index (χ1) is 13.6. The molecule has 0 aliphatic carbocycles. The molecule has 6 nitrogen and oxygen atoms in total. The molecule has 1 aromatic carbocycles. The summed E-state index contributed by atoms with van der Waals surface area (Å²) in [5.74, 6) is -0.351. The van der Waals surface area contributed by atoms with E-state index in [0.29, 0.717) is 12.0 Å². The van der Waals surface area contributed by atoms with Gasteiger partial charge in [0.2, 0.25) is 5.91 Å². The maximum Gasteiger partial charge on any atom is 0.337 e. The Morgan fingerprint density at radius 2 is 2.14 bits per heavy atom. The Hall–Kier alpha value is -2.60. The number of nitrogens with zero attached hydrogens (tertiary/aromatic N) is 1. The monoisotopic (exact) mass is 382 g/mol. The minimum absolute atomic E-state index is 0.0160. The number of hydrogen-bond donors (Lipinski definition) is 1. The Balaban J connectivity index is 1.75. The van der Waals surface area contributed by atoms with Gasteiger partial charge in [0.15, 0.2) is 0 Å². The maximum atomic E-state index is 13.2. The molecule has 3 heterocycles. The van der Waals surface area contributed by atoms with Gasteiger partial charge in [-0.3, -0.25) is 9.69 Å². The molecule has 3 aliphatic heterocycles. The van der Waals surface area contributed by atoms with Crippen molar-refractivity contribution >= 4 is 17.6 Å². The van der Waals surface area contributed by atoms with Crippen LogP contribution in [0, 0.1) is 11.8 Å². The number of benzene rings is 1. The minimum atomic E-state index is -0.574. The molecular weight excluding hydrogens is 356 g/mol. The van der Waals surface area contributed by atoms with Crippen LogP contribution in [0.3, 0.4) is 0 Å². The lowest BCUT2D eigenvalue weighted by Crippen LogP contribution is -2.53. The molecule has 2 saturated heterocycles. The fourth-order valence-electron chi connectivity index (χ4n) is 5.38. The van der Waals surface area contributed by atoms with Crippen molar-refractivity contribution in [1.82, 2.24) is 4.90 Å². The second kappa shape index (κ2) is 7.09. The van der Waals surface area contributed by atoms with Gasteiger partial charge in [-0.05, 0) is 36.9 Å². The Morgan fingerprint density at radius 1 is 1.36 bits per heavy atom. The van der Waals surface area contributed by atoms with E-state index in [0.717, 1.165) is 30.8 Å². The third-order valence-electron chi connectivity index (χ3n) is 6.67. The van der Waals surface area contributed by atoms with Crippen LogP contribution < -0.4 is 5.32 Å². The van der Waals surface area contributed by atoms with Crippen LogP contribution in [0.5, 0.6) is 0 Å². The molecule has 0 radical (unpaired) electrons. The lowest BCUT2D eigenvalue weighted by Gasteiger charge is -2.44. The number of piperidine rings is 1. The summed E-state index contributed by atoms with van der Waals surface area (Å²) in [6, 6.07) is 7.96. The number of nitrogens with one attached hydrogen (secondary N) is 1. The lowest BCUT2D eigenvalue weighted by atomic mass is 9.68. The van der Waals surface area contributed by atoms with E-state index < -0.39 is 11.4 Å². The summed E-state index contributed by atoms with van der Waals surface area (Å²) in [4.78, 5) is 28.0. The Morgan fingerprint density at radius 3 is 2.86 bits per heavy atom.